The number of amides is 1. The number of hydrogen-bond acceptors (Lipinski definition) is 3. The van der Waals surface area contributed by atoms with Crippen molar-refractivity contribution in [2.75, 3.05) is 26.2 Å². The van der Waals surface area contributed by atoms with E-state index in [1.165, 1.54) is 6.07 Å². The van der Waals surface area contributed by atoms with E-state index in [1.807, 2.05) is 6.07 Å². The number of nitrogens with one attached hydrogen (secondary N) is 2. The average Bonchev–Trinajstić information content (AvgIpc) is 3.07. The molecular weight excluding hydrogens is 329 g/mol. The van der Waals surface area contributed by atoms with Crippen molar-refractivity contribution in [1.29, 1.82) is 0 Å². The highest BCUT2D eigenvalue weighted by Gasteiger charge is 2.24. The van der Waals surface area contributed by atoms with Gasteiger partial charge in [-0.05, 0) is 62.4 Å². The zero-order valence-corrected chi connectivity index (χ0v) is 14.8. The molecule has 0 bridgehead atoms. The lowest BCUT2D eigenvalue weighted by molar-refractivity contribution is -0.123. The number of nitrogens with zero attached hydrogens (tertiary/aromatic N) is 1. The first-order valence-electron chi connectivity index (χ1n) is 8.68. The van der Waals surface area contributed by atoms with Gasteiger partial charge in [0.05, 0.1) is 6.04 Å². The van der Waals surface area contributed by atoms with Gasteiger partial charge < -0.3 is 10.6 Å². The molecule has 1 amide bonds. The molecule has 24 heavy (non-hydrogen) atoms. The topological polar surface area (TPSA) is 44.4 Å². The fourth-order valence-electron chi connectivity index (χ4n) is 3.63. The van der Waals surface area contributed by atoms with Crippen LogP contribution in [0.4, 0.5) is 4.39 Å². The van der Waals surface area contributed by atoms with E-state index >= 15 is 0 Å². The first-order chi connectivity index (χ1) is 11.2. The summed E-state index contributed by atoms with van der Waals surface area (Å²) >= 11 is 0. The van der Waals surface area contributed by atoms with Crippen molar-refractivity contribution in [2.24, 2.45) is 5.92 Å². The number of halogens is 2. The van der Waals surface area contributed by atoms with Gasteiger partial charge in [0.2, 0.25) is 5.91 Å². The smallest absolute Gasteiger partial charge is 0.237 e. The Kier molecular flexibility index (Phi) is 7.46. The number of piperidine rings is 1. The van der Waals surface area contributed by atoms with Gasteiger partial charge in [0.25, 0.3) is 0 Å². The van der Waals surface area contributed by atoms with Gasteiger partial charge in [-0.15, -0.1) is 12.4 Å². The molecule has 0 radical (unpaired) electrons. The summed E-state index contributed by atoms with van der Waals surface area (Å²) < 4.78 is 13.3. The van der Waals surface area contributed by atoms with Crippen molar-refractivity contribution >= 4 is 18.3 Å². The third-order valence-electron chi connectivity index (χ3n) is 4.84. The Morgan fingerprint density at radius 3 is 2.96 bits per heavy atom. The Bertz CT molecular complexity index is 537. The van der Waals surface area contributed by atoms with Gasteiger partial charge in [-0.3, -0.25) is 9.69 Å². The maximum atomic E-state index is 13.3. The van der Waals surface area contributed by atoms with Gasteiger partial charge in [0.15, 0.2) is 0 Å². The molecule has 2 heterocycles. The maximum absolute atomic E-state index is 13.3. The van der Waals surface area contributed by atoms with E-state index in [0.717, 1.165) is 64.0 Å². The quantitative estimate of drug-likeness (QED) is 0.852. The van der Waals surface area contributed by atoms with E-state index in [2.05, 4.69) is 15.5 Å². The van der Waals surface area contributed by atoms with Crippen molar-refractivity contribution in [3.8, 4) is 0 Å². The zero-order chi connectivity index (χ0) is 16.1. The minimum Gasteiger partial charge on any atom is -0.354 e. The fourth-order valence-corrected chi connectivity index (χ4v) is 3.63. The largest absolute Gasteiger partial charge is 0.354 e. The van der Waals surface area contributed by atoms with E-state index in [4.69, 9.17) is 0 Å². The van der Waals surface area contributed by atoms with Gasteiger partial charge in [-0.1, -0.05) is 12.1 Å². The summed E-state index contributed by atoms with van der Waals surface area (Å²) in [5.74, 6) is 0.458. The van der Waals surface area contributed by atoms with Crippen LogP contribution in [0.2, 0.25) is 0 Å². The number of likely N-dealkylation sites (tertiary alicyclic amines) is 1. The molecule has 2 saturated heterocycles. The van der Waals surface area contributed by atoms with Crippen LogP contribution in [-0.2, 0) is 11.3 Å². The van der Waals surface area contributed by atoms with Gasteiger partial charge in [0, 0.05) is 19.6 Å². The van der Waals surface area contributed by atoms with Crippen LogP contribution in [-0.4, -0.2) is 43.0 Å². The first-order valence-corrected chi connectivity index (χ1v) is 8.68. The number of rotatable bonds is 5. The Labute approximate surface area is 149 Å². The molecule has 1 aromatic carbocycles. The summed E-state index contributed by atoms with van der Waals surface area (Å²) in [6.45, 7) is 4.49. The Hall–Kier alpha value is -1.17. The molecule has 4 nitrogen and oxygen atoms in total. The molecule has 6 heteroatoms. The summed E-state index contributed by atoms with van der Waals surface area (Å²) in [5, 5.41) is 6.33. The van der Waals surface area contributed by atoms with Crippen molar-refractivity contribution in [3.05, 3.63) is 35.6 Å². The van der Waals surface area contributed by atoms with Crippen molar-refractivity contribution in [2.45, 2.75) is 38.3 Å². The Balaban J connectivity index is 0.00000208. The lowest BCUT2D eigenvalue weighted by Gasteiger charge is -2.33. The highest BCUT2D eigenvalue weighted by atomic mass is 35.5. The lowest BCUT2D eigenvalue weighted by atomic mass is 9.97. The van der Waals surface area contributed by atoms with Crippen LogP contribution in [0.25, 0.3) is 0 Å². The second-order valence-electron chi connectivity index (χ2n) is 6.77. The molecule has 2 N–H and O–H groups in total. The summed E-state index contributed by atoms with van der Waals surface area (Å²) in [5.41, 5.74) is 1.02. The van der Waals surface area contributed by atoms with Gasteiger partial charge >= 0.3 is 0 Å². The SMILES string of the molecule is Cl.O=C(NCC1CCCN(Cc2cccc(F)c2)C1)C1CCCN1. The van der Waals surface area contributed by atoms with E-state index in [0.29, 0.717) is 5.92 Å². The molecule has 0 aromatic heterocycles. The number of carbonyl (C=O) groups excluding carboxylic acids is 1. The van der Waals surface area contributed by atoms with Crippen LogP contribution in [0, 0.1) is 11.7 Å². The molecule has 2 fully saturated rings. The van der Waals surface area contributed by atoms with Crippen LogP contribution in [0.15, 0.2) is 24.3 Å². The van der Waals surface area contributed by atoms with E-state index in [1.54, 1.807) is 12.1 Å². The Morgan fingerprint density at radius 1 is 1.33 bits per heavy atom. The normalized spacial score (nSPS) is 24.4. The monoisotopic (exact) mass is 355 g/mol. The van der Waals surface area contributed by atoms with E-state index < -0.39 is 0 Å². The van der Waals surface area contributed by atoms with Crippen LogP contribution in [0.3, 0.4) is 0 Å². The van der Waals surface area contributed by atoms with Crippen LogP contribution < -0.4 is 10.6 Å². The molecular formula is C18H27ClFN3O. The van der Waals surface area contributed by atoms with Crippen LogP contribution in [0.5, 0.6) is 0 Å². The predicted octanol–water partition coefficient (Wildman–Crippen LogP) is 2.33. The van der Waals surface area contributed by atoms with Gasteiger partial charge in [-0.2, -0.15) is 0 Å². The molecule has 2 unspecified atom stereocenters. The molecule has 134 valence electrons. The standard InChI is InChI=1S/C18H26FN3O.ClH/c19-16-6-1-4-14(10-16)12-22-9-3-5-15(13-22)11-21-18(23)17-7-2-8-20-17;/h1,4,6,10,15,17,20H,2-3,5,7-9,11-13H2,(H,21,23);1H. The predicted molar refractivity (Wildman–Crippen MR) is 95.7 cm³/mol. The second-order valence-corrected chi connectivity index (χ2v) is 6.77. The first kappa shape index (κ1) is 19.2. The molecule has 2 atom stereocenters. The Morgan fingerprint density at radius 2 is 2.21 bits per heavy atom. The summed E-state index contributed by atoms with van der Waals surface area (Å²) in [6.07, 6.45) is 4.32. The number of hydrogen-bond donors (Lipinski definition) is 2. The highest BCUT2D eigenvalue weighted by Crippen LogP contribution is 2.18. The minimum absolute atomic E-state index is 0. The van der Waals surface area contributed by atoms with Gasteiger partial charge in [-0.25, -0.2) is 4.39 Å². The van der Waals surface area contributed by atoms with Gasteiger partial charge in [0.1, 0.15) is 5.82 Å². The highest BCUT2D eigenvalue weighted by molar-refractivity contribution is 5.85. The minimum atomic E-state index is -0.174. The average molecular weight is 356 g/mol. The molecule has 3 rings (SSSR count). The molecule has 2 aliphatic heterocycles. The molecule has 0 saturated carbocycles. The molecule has 2 aliphatic rings. The molecule has 1 aromatic rings. The second kappa shape index (κ2) is 9.35. The summed E-state index contributed by atoms with van der Waals surface area (Å²) in [7, 11) is 0. The van der Waals surface area contributed by atoms with Crippen LogP contribution >= 0.6 is 12.4 Å². The third kappa shape index (κ3) is 5.43. The van der Waals surface area contributed by atoms with Crippen molar-refractivity contribution in [3.63, 3.8) is 0 Å². The maximum Gasteiger partial charge on any atom is 0.237 e. The van der Waals surface area contributed by atoms with E-state index in [-0.39, 0.29) is 30.2 Å². The lowest BCUT2D eigenvalue weighted by Crippen LogP contribution is -2.45. The molecule has 0 aliphatic carbocycles. The third-order valence-corrected chi connectivity index (χ3v) is 4.84. The summed E-state index contributed by atoms with van der Waals surface area (Å²) in [6, 6.07) is 6.83. The summed E-state index contributed by atoms with van der Waals surface area (Å²) in [4.78, 5) is 14.4. The van der Waals surface area contributed by atoms with Crippen molar-refractivity contribution < 1.29 is 9.18 Å². The zero-order valence-electron chi connectivity index (χ0n) is 14.0. The van der Waals surface area contributed by atoms with Crippen molar-refractivity contribution in [1.82, 2.24) is 15.5 Å². The fraction of sp³-hybridized carbons (Fsp3) is 0.611. The molecule has 0 spiro atoms. The number of benzene rings is 1. The van der Waals surface area contributed by atoms with E-state index in [9.17, 15) is 9.18 Å². The number of carbonyl (C=O) groups is 1. The van der Waals surface area contributed by atoms with Crippen LogP contribution in [0.1, 0.15) is 31.2 Å².